The zero-order valence-corrected chi connectivity index (χ0v) is 29.5. The topological polar surface area (TPSA) is 64.7 Å². The molecule has 0 N–H and O–H groups in total. The first-order valence-electron chi connectivity index (χ1n) is 18.4. The monoisotopic (exact) mass is 702 g/mol. The normalized spacial score (nSPS) is 11.6. The molecule has 0 saturated carbocycles. The molecule has 256 valence electrons. The van der Waals surface area contributed by atoms with E-state index in [-0.39, 0.29) is 0 Å². The number of hydrogen-bond acceptors (Lipinski definition) is 5. The second kappa shape index (κ2) is 12.6. The second-order valence-electron chi connectivity index (χ2n) is 13.8. The SMILES string of the molecule is c1ccc(-c2nc(-c3ccccc3)nc(-c3cccc4c(-c5cccc6c5ccc5ccc7ccc8nc(-c9ccccc9)oc8c7c56)cccc34)n2)cc1. The van der Waals surface area contributed by atoms with Crippen LogP contribution in [-0.2, 0) is 0 Å². The van der Waals surface area contributed by atoms with E-state index in [1.807, 2.05) is 91.0 Å². The van der Waals surface area contributed by atoms with Gasteiger partial charge in [-0.3, -0.25) is 0 Å². The van der Waals surface area contributed by atoms with Crippen LogP contribution >= 0.6 is 0 Å². The van der Waals surface area contributed by atoms with Crippen LogP contribution in [0.15, 0.2) is 186 Å². The highest BCUT2D eigenvalue weighted by Gasteiger charge is 2.19. The minimum absolute atomic E-state index is 0.623. The van der Waals surface area contributed by atoms with E-state index in [4.69, 9.17) is 24.4 Å². The molecule has 11 aromatic rings. The third kappa shape index (κ3) is 5.17. The minimum Gasteiger partial charge on any atom is -0.435 e. The Kier molecular flexibility index (Phi) is 7.10. The summed E-state index contributed by atoms with van der Waals surface area (Å²) in [6.07, 6.45) is 0. The van der Waals surface area contributed by atoms with Crippen LogP contribution in [0.4, 0.5) is 0 Å². The van der Waals surface area contributed by atoms with Gasteiger partial charge in [0, 0.05) is 33.0 Å². The van der Waals surface area contributed by atoms with Crippen molar-refractivity contribution in [2.75, 3.05) is 0 Å². The van der Waals surface area contributed by atoms with Crippen LogP contribution in [0.5, 0.6) is 0 Å². The molecule has 11 rings (SSSR count). The third-order valence-electron chi connectivity index (χ3n) is 10.5. The highest BCUT2D eigenvalue weighted by atomic mass is 16.3. The Morgan fingerprint density at radius 1 is 0.309 bits per heavy atom. The van der Waals surface area contributed by atoms with Crippen molar-refractivity contribution >= 4 is 54.2 Å². The zero-order chi connectivity index (χ0) is 36.3. The number of oxazole rings is 1. The van der Waals surface area contributed by atoms with Crippen LogP contribution < -0.4 is 0 Å². The molecule has 0 saturated heterocycles. The fourth-order valence-electron chi connectivity index (χ4n) is 7.98. The van der Waals surface area contributed by atoms with E-state index < -0.39 is 0 Å². The Hall–Kier alpha value is -7.50. The van der Waals surface area contributed by atoms with E-state index in [0.29, 0.717) is 23.4 Å². The molecule has 9 aromatic carbocycles. The average molecular weight is 703 g/mol. The first kappa shape index (κ1) is 31.1. The van der Waals surface area contributed by atoms with Crippen LogP contribution in [0.1, 0.15) is 0 Å². The summed E-state index contributed by atoms with van der Waals surface area (Å²) in [5.74, 6) is 2.54. The summed E-state index contributed by atoms with van der Waals surface area (Å²) >= 11 is 0. The lowest BCUT2D eigenvalue weighted by Crippen LogP contribution is -2.00. The molecule has 0 spiro atoms. The lowest BCUT2D eigenvalue weighted by molar-refractivity contribution is 0.623. The summed E-state index contributed by atoms with van der Waals surface area (Å²) in [5, 5.41) is 9.03. The Bertz CT molecular complexity index is 3190. The molecule has 55 heavy (non-hydrogen) atoms. The van der Waals surface area contributed by atoms with Crippen molar-refractivity contribution in [2.24, 2.45) is 0 Å². The highest BCUT2D eigenvalue weighted by Crippen LogP contribution is 2.42. The summed E-state index contributed by atoms with van der Waals surface area (Å²) < 4.78 is 6.60. The van der Waals surface area contributed by atoms with Crippen LogP contribution in [0.2, 0.25) is 0 Å². The number of hydrogen-bond donors (Lipinski definition) is 0. The van der Waals surface area contributed by atoms with Gasteiger partial charge in [0.1, 0.15) is 5.52 Å². The van der Waals surface area contributed by atoms with Crippen molar-refractivity contribution in [1.82, 2.24) is 19.9 Å². The maximum Gasteiger partial charge on any atom is 0.227 e. The van der Waals surface area contributed by atoms with E-state index >= 15 is 0 Å². The Balaban J connectivity index is 1.12. The quantitative estimate of drug-likeness (QED) is 0.167. The fraction of sp³-hybridized carbons (Fsp3) is 0. The minimum atomic E-state index is 0.623. The smallest absolute Gasteiger partial charge is 0.227 e. The van der Waals surface area contributed by atoms with Gasteiger partial charge in [-0.15, -0.1) is 0 Å². The van der Waals surface area contributed by atoms with Crippen molar-refractivity contribution in [3.8, 4) is 56.7 Å². The summed E-state index contributed by atoms with van der Waals surface area (Å²) in [6.45, 7) is 0. The maximum absolute atomic E-state index is 6.60. The van der Waals surface area contributed by atoms with Gasteiger partial charge in [0.05, 0.1) is 0 Å². The molecular formula is C50H30N4O. The molecule has 0 radical (unpaired) electrons. The summed E-state index contributed by atoms with van der Waals surface area (Å²) in [6, 6.07) is 62.9. The summed E-state index contributed by atoms with van der Waals surface area (Å²) in [5.41, 5.74) is 7.74. The molecule has 0 aliphatic carbocycles. The van der Waals surface area contributed by atoms with E-state index in [1.165, 1.54) is 0 Å². The molecule has 0 fully saturated rings. The van der Waals surface area contributed by atoms with E-state index in [2.05, 4.69) is 91.0 Å². The van der Waals surface area contributed by atoms with Gasteiger partial charge in [-0.05, 0) is 61.6 Å². The molecule has 0 aliphatic heterocycles. The van der Waals surface area contributed by atoms with Crippen LogP contribution in [0, 0.1) is 0 Å². The average Bonchev–Trinajstić information content (AvgIpc) is 3.71. The molecule has 0 amide bonds. The van der Waals surface area contributed by atoms with E-state index in [0.717, 1.165) is 87.6 Å². The van der Waals surface area contributed by atoms with Gasteiger partial charge < -0.3 is 4.42 Å². The predicted molar refractivity (Wildman–Crippen MR) is 225 cm³/mol. The van der Waals surface area contributed by atoms with Crippen molar-refractivity contribution < 1.29 is 4.42 Å². The lowest BCUT2D eigenvalue weighted by Gasteiger charge is -2.15. The van der Waals surface area contributed by atoms with Crippen LogP contribution in [0.3, 0.4) is 0 Å². The molecule has 2 heterocycles. The zero-order valence-electron chi connectivity index (χ0n) is 29.5. The van der Waals surface area contributed by atoms with Crippen LogP contribution in [0.25, 0.3) is 111 Å². The first-order valence-corrected chi connectivity index (χ1v) is 18.4. The van der Waals surface area contributed by atoms with Gasteiger partial charge in [0.15, 0.2) is 23.1 Å². The standard InChI is InChI=1S/C50H30N4O/c1-4-13-33(14-5-1)47-52-48(34-15-6-2-7-16-34)54-49(53-47)42-24-12-21-37-36(19-10-22-39(37)42)38-20-11-23-41-40(38)29-27-31-25-26-32-28-30-43-46(45(32)44(31)41)55-50(51-43)35-17-8-3-9-18-35/h1-30H. The van der Waals surface area contributed by atoms with Gasteiger partial charge in [-0.1, -0.05) is 164 Å². The number of aromatic nitrogens is 4. The molecule has 0 atom stereocenters. The van der Waals surface area contributed by atoms with Crippen molar-refractivity contribution in [2.45, 2.75) is 0 Å². The Labute approximate surface area is 316 Å². The van der Waals surface area contributed by atoms with Gasteiger partial charge in [-0.2, -0.15) is 0 Å². The number of fused-ring (bicyclic) bond motifs is 8. The summed E-state index contributed by atoms with van der Waals surface area (Å²) in [7, 11) is 0. The van der Waals surface area contributed by atoms with Crippen molar-refractivity contribution in [3.05, 3.63) is 182 Å². The molecule has 0 aliphatic rings. The predicted octanol–water partition coefficient (Wildman–Crippen LogP) is 13.0. The molecule has 0 bridgehead atoms. The largest absolute Gasteiger partial charge is 0.435 e. The van der Waals surface area contributed by atoms with Gasteiger partial charge >= 0.3 is 0 Å². The number of rotatable bonds is 5. The number of benzene rings is 9. The Morgan fingerprint density at radius 3 is 1.42 bits per heavy atom. The van der Waals surface area contributed by atoms with Crippen molar-refractivity contribution in [3.63, 3.8) is 0 Å². The second-order valence-corrected chi connectivity index (χ2v) is 13.8. The molecular weight excluding hydrogens is 673 g/mol. The lowest BCUT2D eigenvalue weighted by atomic mass is 9.89. The van der Waals surface area contributed by atoms with Crippen LogP contribution in [-0.4, -0.2) is 19.9 Å². The van der Waals surface area contributed by atoms with Crippen molar-refractivity contribution in [1.29, 1.82) is 0 Å². The van der Waals surface area contributed by atoms with E-state index in [1.54, 1.807) is 0 Å². The van der Waals surface area contributed by atoms with Gasteiger partial charge in [0.25, 0.3) is 0 Å². The molecule has 5 heteroatoms. The number of nitrogens with zero attached hydrogens (tertiary/aromatic N) is 4. The highest BCUT2D eigenvalue weighted by molar-refractivity contribution is 6.27. The molecule has 2 aromatic heterocycles. The Morgan fingerprint density at radius 2 is 0.782 bits per heavy atom. The van der Waals surface area contributed by atoms with Gasteiger partial charge in [0.2, 0.25) is 5.89 Å². The maximum atomic E-state index is 6.60. The fourth-order valence-corrected chi connectivity index (χ4v) is 7.98. The molecule has 5 nitrogen and oxygen atoms in total. The first-order chi connectivity index (χ1) is 27.3. The summed E-state index contributed by atoms with van der Waals surface area (Å²) in [4.78, 5) is 20.0. The van der Waals surface area contributed by atoms with E-state index in [9.17, 15) is 0 Å². The molecule has 0 unspecified atom stereocenters. The third-order valence-corrected chi connectivity index (χ3v) is 10.5. The van der Waals surface area contributed by atoms with Gasteiger partial charge in [-0.25, -0.2) is 19.9 Å².